The van der Waals surface area contributed by atoms with Crippen molar-refractivity contribution in [2.75, 3.05) is 0 Å². The molecule has 3 heterocycles. The minimum absolute atomic E-state index is 0.0534. The lowest BCUT2D eigenvalue weighted by atomic mass is 9.63. The molecule has 0 aliphatic carbocycles. The zero-order valence-electron chi connectivity index (χ0n) is 26.4. The van der Waals surface area contributed by atoms with Crippen LogP contribution in [-0.2, 0) is 0 Å². The summed E-state index contributed by atoms with van der Waals surface area (Å²) in [6, 6.07) is 0. The topological polar surface area (TPSA) is 123 Å². The van der Waals surface area contributed by atoms with Crippen LogP contribution in [0.1, 0.15) is 130 Å². The number of hydrogen-bond donors (Lipinski definition) is 3. The molecule has 5 atom stereocenters. The molecule has 5 rings (SSSR count). The van der Waals surface area contributed by atoms with Crippen LogP contribution in [0.25, 0.3) is 0 Å². The van der Waals surface area contributed by atoms with Gasteiger partial charge in [-0.25, -0.2) is 0 Å². The summed E-state index contributed by atoms with van der Waals surface area (Å²) >= 11 is 0. The fourth-order valence-electron chi connectivity index (χ4n) is 7.07. The Morgan fingerprint density at radius 3 is 1.81 bits per heavy atom. The van der Waals surface area contributed by atoms with Gasteiger partial charge < -0.3 is 29.5 Å². The molecule has 2 aromatic carbocycles. The Balaban J connectivity index is 1.83. The molecular formula is C34H44O8. The Kier molecular flexibility index (Phi) is 7.02. The van der Waals surface area contributed by atoms with Crippen LogP contribution in [0.2, 0.25) is 0 Å². The Bertz CT molecular complexity index is 1500. The molecule has 0 fully saturated rings. The quantitative estimate of drug-likeness (QED) is 0.301. The van der Waals surface area contributed by atoms with Gasteiger partial charge in [0.15, 0.2) is 11.6 Å². The third kappa shape index (κ3) is 4.15. The number of rotatable bonds is 6. The number of ketones is 2. The highest BCUT2D eigenvalue weighted by Crippen LogP contribution is 2.66. The summed E-state index contributed by atoms with van der Waals surface area (Å²) in [5.74, 6) is -1.50. The number of aromatic hydroxyl groups is 3. The second-order valence-corrected chi connectivity index (χ2v) is 13.6. The van der Waals surface area contributed by atoms with Crippen molar-refractivity contribution in [3.63, 3.8) is 0 Å². The van der Waals surface area contributed by atoms with Crippen molar-refractivity contribution in [3.05, 3.63) is 33.4 Å². The van der Waals surface area contributed by atoms with Crippen LogP contribution in [0.3, 0.4) is 0 Å². The molecule has 0 saturated carbocycles. The van der Waals surface area contributed by atoms with E-state index in [1.165, 1.54) is 0 Å². The van der Waals surface area contributed by atoms with Crippen molar-refractivity contribution >= 4 is 11.6 Å². The van der Waals surface area contributed by atoms with E-state index in [0.717, 1.165) is 5.56 Å². The number of hydrogen-bond acceptors (Lipinski definition) is 8. The summed E-state index contributed by atoms with van der Waals surface area (Å²) in [6.45, 7) is 18.5. The van der Waals surface area contributed by atoms with Gasteiger partial charge in [-0.05, 0) is 60.8 Å². The molecule has 3 aliphatic heterocycles. The third-order valence-electron chi connectivity index (χ3n) is 9.85. The average Bonchev–Trinajstić information content (AvgIpc) is 2.91. The van der Waals surface area contributed by atoms with E-state index in [-0.39, 0.29) is 74.9 Å². The number of carbonyl (C=O) groups excluding carboxylic acids is 2. The molecule has 2 aromatic rings. The summed E-state index contributed by atoms with van der Waals surface area (Å²) in [4.78, 5) is 27.2. The molecule has 42 heavy (non-hydrogen) atoms. The van der Waals surface area contributed by atoms with Gasteiger partial charge in [0.2, 0.25) is 0 Å². The summed E-state index contributed by atoms with van der Waals surface area (Å²) in [7, 11) is 0. The van der Waals surface area contributed by atoms with Gasteiger partial charge in [-0.2, -0.15) is 0 Å². The molecule has 0 saturated heterocycles. The summed E-state index contributed by atoms with van der Waals surface area (Å²) in [5, 5.41) is 34.1. The molecular weight excluding hydrogens is 536 g/mol. The first kappa shape index (κ1) is 30.1. The van der Waals surface area contributed by atoms with E-state index in [1.54, 1.807) is 20.8 Å². The molecule has 0 radical (unpaired) electrons. The first-order chi connectivity index (χ1) is 19.5. The van der Waals surface area contributed by atoms with Gasteiger partial charge in [0.25, 0.3) is 0 Å². The molecule has 0 spiro atoms. The Hall–Kier alpha value is -3.42. The largest absolute Gasteiger partial charge is 0.507 e. The van der Waals surface area contributed by atoms with Crippen LogP contribution >= 0.6 is 0 Å². The maximum absolute atomic E-state index is 13.6. The lowest BCUT2D eigenvalue weighted by Crippen LogP contribution is -2.53. The smallest absolute Gasteiger partial charge is 0.173 e. The highest BCUT2D eigenvalue weighted by Gasteiger charge is 2.59. The molecule has 0 aromatic heterocycles. The number of carbonyl (C=O) groups is 2. The first-order valence-electron chi connectivity index (χ1n) is 15.1. The molecule has 3 N–H and O–H groups in total. The van der Waals surface area contributed by atoms with E-state index in [2.05, 4.69) is 0 Å². The monoisotopic (exact) mass is 580 g/mol. The Labute approximate surface area is 248 Å². The second-order valence-electron chi connectivity index (χ2n) is 13.6. The van der Waals surface area contributed by atoms with Crippen LogP contribution in [0.4, 0.5) is 0 Å². The van der Waals surface area contributed by atoms with E-state index in [0.29, 0.717) is 41.9 Å². The predicted octanol–water partition coefficient (Wildman–Crippen LogP) is 7.44. The molecule has 0 bridgehead atoms. The van der Waals surface area contributed by atoms with Crippen LogP contribution in [0.15, 0.2) is 0 Å². The first-order valence-corrected chi connectivity index (χ1v) is 15.1. The van der Waals surface area contributed by atoms with E-state index < -0.39 is 17.3 Å². The third-order valence-corrected chi connectivity index (χ3v) is 9.85. The molecule has 8 heteroatoms. The maximum atomic E-state index is 13.6. The maximum Gasteiger partial charge on any atom is 0.173 e. The van der Waals surface area contributed by atoms with Gasteiger partial charge in [-0.15, -0.1) is 0 Å². The number of ether oxygens (including phenoxy) is 3. The normalized spacial score (nSPS) is 24.1. The number of phenolic OH excluding ortho intramolecular Hbond substituents is 3. The van der Waals surface area contributed by atoms with Crippen molar-refractivity contribution in [2.24, 2.45) is 17.8 Å². The van der Waals surface area contributed by atoms with Crippen molar-refractivity contribution in [3.8, 4) is 34.5 Å². The van der Waals surface area contributed by atoms with Crippen LogP contribution in [0, 0.1) is 31.6 Å². The summed E-state index contributed by atoms with van der Waals surface area (Å²) in [6.07, 6.45) is 0.988. The van der Waals surface area contributed by atoms with Gasteiger partial charge in [-0.1, -0.05) is 27.7 Å². The van der Waals surface area contributed by atoms with Crippen molar-refractivity contribution in [2.45, 2.75) is 112 Å². The second kappa shape index (κ2) is 9.81. The van der Waals surface area contributed by atoms with Gasteiger partial charge >= 0.3 is 0 Å². The van der Waals surface area contributed by atoms with E-state index >= 15 is 0 Å². The van der Waals surface area contributed by atoms with E-state index in [9.17, 15) is 24.9 Å². The predicted molar refractivity (Wildman–Crippen MR) is 159 cm³/mol. The number of phenols is 3. The summed E-state index contributed by atoms with van der Waals surface area (Å²) < 4.78 is 19.9. The number of Topliss-reactive ketones (excluding diaryl/α,β-unsaturated/α-hetero) is 2. The SMILES string of the molecule is CCC(C)C(=O)c1c(O)c(C)c(O)c2c1OC(C)(C)[C@H]1[C@@H]2Oc2c(C)c(O)c(C(=O)C(C)CC)c3c2[C@@H]1CC(C)(C)O3. The standard InChI is InChI=1S/C34H44O8/c1-11-14(3)24(35)20-26(37)16(5)27(38)22-31(20)42-34(9,10)23-18-13-33(7,8)41-30-19(18)29(40-32(22)23)17(6)28(39)21(30)25(36)15(4)12-2/h14-15,18,23,32,37-39H,11-13H2,1-10H3/t14?,15?,18-,23+,32+/m0/s1. The van der Waals surface area contributed by atoms with Gasteiger partial charge in [0.1, 0.15) is 62.9 Å². The highest BCUT2D eigenvalue weighted by atomic mass is 16.5. The van der Waals surface area contributed by atoms with E-state index in [1.807, 2.05) is 48.5 Å². The molecule has 0 amide bonds. The van der Waals surface area contributed by atoms with Gasteiger partial charge in [0, 0.05) is 40.4 Å². The van der Waals surface area contributed by atoms with Gasteiger partial charge in [-0.3, -0.25) is 9.59 Å². The number of fused-ring (bicyclic) bond motifs is 4. The van der Waals surface area contributed by atoms with Gasteiger partial charge in [0.05, 0.1) is 5.56 Å². The lowest BCUT2D eigenvalue weighted by Gasteiger charge is -2.54. The Morgan fingerprint density at radius 2 is 1.29 bits per heavy atom. The number of benzene rings is 2. The highest BCUT2D eigenvalue weighted by molar-refractivity contribution is 6.05. The van der Waals surface area contributed by atoms with Crippen molar-refractivity contribution in [1.29, 1.82) is 0 Å². The van der Waals surface area contributed by atoms with Crippen LogP contribution < -0.4 is 14.2 Å². The van der Waals surface area contributed by atoms with Crippen LogP contribution in [-0.4, -0.2) is 38.1 Å². The molecule has 228 valence electrons. The zero-order valence-corrected chi connectivity index (χ0v) is 26.4. The zero-order chi connectivity index (χ0) is 31.2. The van der Waals surface area contributed by atoms with Crippen molar-refractivity contribution < 1.29 is 39.1 Å². The minimum Gasteiger partial charge on any atom is -0.507 e. The van der Waals surface area contributed by atoms with Crippen molar-refractivity contribution in [1.82, 2.24) is 0 Å². The molecule has 2 unspecified atom stereocenters. The molecule has 3 aliphatic rings. The molecule has 8 nitrogen and oxygen atoms in total. The van der Waals surface area contributed by atoms with E-state index in [4.69, 9.17) is 14.2 Å². The Morgan fingerprint density at radius 1 is 0.786 bits per heavy atom. The average molecular weight is 581 g/mol. The lowest BCUT2D eigenvalue weighted by molar-refractivity contribution is -0.0861. The minimum atomic E-state index is -0.921. The fraction of sp³-hybridized carbons (Fsp3) is 0.588. The van der Waals surface area contributed by atoms with Crippen LogP contribution in [0.5, 0.6) is 34.5 Å². The fourth-order valence-corrected chi connectivity index (χ4v) is 7.07. The summed E-state index contributed by atoms with van der Waals surface area (Å²) in [5.41, 5.74) is 0.265.